The van der Waals surface area contributed by atoms with Crippen molar-refractivity contribution in [1.82, 2.24) is 4.90 Å². The molecule has 0 aromatic heterocycles. The maximum absolute atomic E-state index is 13.5. The lowest BCUT2D eigenvalue weighted by molar-refractivity contribution is -0.191. The number of ether oxygens (including phenoxy) is 1. The Labute approximate surface area is 191 Å². The summed E-state index contributed by atoms with van der Waals surface area (Å²) < 4.78 is 6.18. The molecule has 2 N–H and O–H groups in total. The standard InChI is InChI=1S/C23H25Cl2NO5/c1-3-18(12-27)26-19(14-7-9-16(24)10-8-14)21(15-5-4-6-17(25)11-15)31-20(22(26)28)13(2)23(29)30/h4-11,13,18-21,27H,3,12H2,1-2H3,(H,29,30)/t13?,18-,19+,20+,21+/m0/s1. The third-order valence-corrected chi connectivity index (χ3v) is 6.17. The van der Waals surface area contributed by atoms with Crippen LogP contribution in [0.2, 0.25) is 10.0 Å². The molecule has 1 heterocycles. The number of benzene rings is 2. The Bertz CT molecular complexity index is 932. The average molecular weight is 466 g/mol. The van der Waals surface area contributed by atoms with E-state index in [0.29, 0.717) is 22.0 Å². The summed E-state index contributed by atoms with van der Waals surface area (Å²) in [5.74, 6) is -2.67. The van der Waals surface area contributed by atoms with E-state index in [4.69, 9.17) is 27.9 Å². The Balaban J connectivity index is 2.19. The minimum absolute atomic E-state index is 0.261. The first-order valence-electron chi connectivity index (χ1n) is 10.1. The van der Waals surface area contributed by atoms with Gasteiger partial charge in [0, 0.05) is 10.0 Å². The first kappa shape index (κ1) is 23.5. The van der Waals surface area contributed by atoms with E-state index in [9.17, 15) is 19.8 Å². The minimum atomic E-state index is -1.20. The summed E-state index contributed by atoms with van der Waals surface area (Å²) in [6.07, 6.45) is -1.40. The molecule has 166 valence electrons. The number of nitrogens with zero attached hydrogens (tertiary/aromatic N) is 1. The highest BCUT2D eigenvalue weighted by Gasteiger charge is 2.49. The maximum atomic E-state index is 13.5. The molecule has 1 saturated heterocycles. The van der Waals surface area contributed by atoms with Gasteiger partial charge in [0.05, 0.1) is 24.6 Å². The largest absolute Gasteiger partial charge is 0.481 e. The number of hydrogen-bond donors (Lipinski definition) is 2. The molecule has 0 saturated carbocycles. The molecule has 0 aliphatic carbocycles. The number of aliphatic carboxylic acids is 1. The molecule has 0 radical (unpaired) electrons. The van der Waals surface area contributed by atoms with Crippen molar-refractivity contribution >= 4 is 35.1 Å². The molecule has 1 fully saturated rings. The van der Waals surface area contributed by atoms with Gasteiger partial charge in [-0.25, -0.2) is 0 Å². The van der Waals surface area contributed by atoms with Crippen molar-refractivity contribution < 1.29 is 24.5 Å². The summed E-state index contributed by atoms with van der Waals surface area (Å²) in [6.45, 7) is 3.05. The van der Waals surface area contributed by atoms with Crippen LogP contribution in [0.4, 0.5) is 0 Å². The van der Waals surface area contributed by atoms with Crippen LogP contribution in [-0.4, -0.2) is 45.7 Å². The lowest BCUT2D eigenvalue weighted by Gasteiger charge is -2.48. The van der Waals surface area contributed by atoms with Gasteiger partial charge in [-0.3, -0.25) is 9.59 Å². The van der Waals surface area contributed by atoms with E-state index in [2.05, 4.69) is 0 Å². The number of rotatable bonds is 7. The highest BCUT2D eigenvalue weighted by Crippen LogP contribution is 2.45. The Morgan fingerprint density at radius 1 is 1.13 bits per heavy atom. The number of carbonyl (C=O) groups is 2. The van der Waals surface area contributed by atoms with Crippen molar-refractivity contribution in [2.75, 3.05) is 6.61 Å². The van der Waals surface area contributed by atoms with Crippen molar-refractivity contribution in [3.63, 3.8) is 0 Å². The Hall–Kier alpha value is -2.12. The summed E-state index contributed by atoms with van der Waals surface area (Å²) in [5, 5.41) is 20.7. The van der Waals surface area contributed by atoms with E-state index in [1.165, 1.54) is 6.92 Å². The predicted octanol–water partition coefficient (Wildman–Crippen LogP) is 4.49. The molecule has 5 atom stereocenters. The average Bonchev–Trinajstić information content (AvgIpc) is 2.75. The Kier molecular flexibility index (Phi) is 7.59. The Morgan fingerprint density at radius 3 is 2.35 bits per heavy atom. The molecule has 1 unspecified atom stereocenters. The summed E-state index contributed by atoms with van der Waals surface area (Å²) in [7, 11) is 0. The second-order valence-corrected chi connectivity index (χ2v) is 8.52. The summed E-state index contributed by atoms with van der Waals surface area (Å²) in [4.78, 5) is 26.8. The van der Waals surface area contributed by atoms with E-state index in [-0.39, 0.29) is 6.61 Å². The SMILES string of the molecule is CC[C@@H](CO)N1C(=O)[C@@H](C(C)C(=O)O)O[C@H](c2cccc(Cl)c2)[C@H]1c1ccc(Cl)cc1. The van der Waals surface area contributed by atoms with Gasteiger partial charge < -0.3 is 19.8 Å². The molecule has 8 heteroatoms. The van der Waals surface area contributed by atoms with Crippen LogP contribution in [0.1, 0.15) is 43.5 Å². The normalized spacial score (nSPS) is 23.5. The van der Waals surface area contributed by atoms with Gasteiger partial charge in [0.25, 0.3) is 5.91 Å². The summed E-state index contributed by atoms with van der Waals surface area (Å²) in [6, 6.07) is 13.0. The van der Waals surface area contributed by atoms with Crippen LogP contribution in [0.5, 0.6) is 0 Å². The number of carboxylic acids is 1. The van der Waals surface area contributed by atoms with Gasteiger partial charge in [-0.1, -0.05) is 54.4 Å². The number of aliphatic hydroxyl groups excluding tert-OH is 1. The zero-order valence-electron chi connectivity index (χ0n) is 17.2. The summed E-state index contributed by atoms with van der Waals surface area (Å²) >= 11 is 12.3. The predicted molar refractivity (Wildman–Crippen MR) is 118 cm³/mol. The number of carbonyl (C=O) groups excluding carboxylic acids is 1. The zero-order valence-corrected chi connectivity index (χ0v) is 18.8. The van der Waals surface area contributed by atoms with Gasteiger partial charge in [-0.15, -0.1) is 0 Å². The first-order chi connectivity index (χ1) is 14.8. The molecule has 2 aromatic rings. The quantitative estimate of drug-likeness (QED) is 0.628. The maximum Gasteiger partial charge on any atom is 0.309 e. The number of halogens is 2. The molecule has 1 aliphatic rings. The van der Waals surface area contributed by atoms with E-state index in [1.807, 2.05) is 13.0 Å². The third kappa shape index (κ3) is 4.88. The molecule has 31 heavy (non-hydrogen) atoms. The molecule has 0 spiro atoms. The smallest absolute Gasteiger partial charge is 0.309 e. The van der Waals surface area contributed by atoms with Crippen LogP contribution in [0.25, 0.3) is 0 Å². The molecule has 3 rings (SSSR count). The fraction of sp³-hybridized carbons (Fsp3) is 0.391. The van der Waals surface area contributed by atoms with Crippen molar-refractivity contribution in [3.05, 3.63) is 69.7 Å². The Morgan fingerprint density at radius 2 is 1.81 bits per heavy atom. The zero-order chi connectivity index (χ0) is 22.7. The fourth-order valence-electron chi connectivity index (χ4n) is 3.94. The summed E-state index contributed by atoms with van der Waals surface area (Å²) in [5.41, 5.74) is 1.47. The molecular weight excluding hydrogens is 441 g/mol. The van der Waals surface area contributed by atoms with Crippen LogP contribution in [0.15, 0.2) is 48.5 Å². The van der Waals surface area contributed by atoms with Gasteiger partial charge in [-0.05, 0) is 48.7 Å². The van der Waals surface area contributed by atoms with Gasteiger partial charge >= 0.3 is 5.97 Å². The van der Waals surface area contributed by atoms with E-state index < -0.39 is 42.1 Å². The topological polar surface area (TPSA) is 87.1 Å². The molecular formula is C23H25Cl2NO5. The highest BCUT2D eigenvalue weighted by molar-refractivity contribution is 6.30. The van der Waals surface area contributed by atoms with Gasteiger partial charge in [0.2, 0.25) is 0 Å². The second kappa shape index (κ2) is 10.0. The van der Waals surface area contributed by atoms with E-state index in [1.54, 1.807) is 47.4 Å². The molecule has 0 bridgehead atoms. The number of carboxylic acid groups (broad SMARTS) is 1. The molecule has 2 aromatic carbocycles. The molecule has 1 amide bonds. The van der Waals surface area contributed by atoms with Crippen molar-refractivity contribution in [2.45, 2.75) is 44.6 Å². The number of morpholine rings is 1. The highest BCUT2D eigenvalue weighted by atomic mass is 35.5. The van der Waals surface area contributed by atoms with Crippen molar-refractivity contribution in [3.8, 4) is 0 Å². The van der Waals surface area contributed by atoms with Crippen LogP contribution < -0.4 is 0 Å². The van der Waals surface area contributed by atoms with Gasteiger partial charge in [0.15, 0.2) is 0 Å². The second-order valence-electron chi connectivity index (χ2n) is 7.65. The van der Waals surface area contributed by atoms with Crippen LogP contribution in [0.3, 0.4) is 0 Å². The van der Waals surface area contributed by atoms with E-state index in [0.717, 1.165) is 5.56 Å². The third-order valence-electron chi connectivity index (χ3n) is 5.69. The van der Waals surface area contributed by atoms with Crippen LogP contribution >= 0.6 is 23.2 Å². The van der Waals surface area contributed by atoms with Gasteiger partial charge in [0.1, 0.15) is 12.2 Å². The van der Waals surface area contributed by atoms with Crippen molar-refractivity contribution in [2.24, 2.45) is 5.92 Å². The first-order valence-corrected chi connectivity index (χ1v) is 10.9. The minimum Gasteiger partial charge on any atom is -0.481 e. The lowest BCUT2D eigenvalue weighted by Crippen LogP contribution is -2.57. The van der Waals surface area contributed by atoms with Crippen LogP contribution in [0, 0.1) is 5.92 Å². The molecule has 1 aliphatic heterocycles. The van der Waals surface area contributed by atoms with Crippen molar-refractivity contribution in [1.29, 1.82) is 0 Å². The lowest BCUT2D eigenvalue weighted by atomic mass is 9.88. The number of hydrogen-bond acceptors (Lipinski definition) is 4. The molecule has 6 nitrogen and oxygen atoms in total. The number of amides is 1. The fourth-order valence-corrected chi connectivity index (χ4v) is 4.27. The van der Waals surface area contributed by atoms with Gasteiger partial charge in [-0.2, -0.15) is 0 Å². The van der Waals surface area contributed by atoms with E-state index >= 15 is 0 Å². The van der Waals surface area contributed by atoms with Crippen LogP contribution in [-0.2, 0) is 14.3 Å². The monoisotopic (exact) mass is 465 g/mol. The number of aliphatic hydroxyl groups is 1.